The molecule has 0 aliphatic rings. The highest BCUT2D eigenvalue weighted by Crippen LogP contribution is 2.09. The Hall–Kier alpha value is -0.490. The summed E-state index contributed by atoms with van der Waals surface area (Å²) in [4.78, 5) is 6.61. The van der Waals surface area contributed by atoms with Gasteiger partial charge in [0.1, 0.15) is 0 Å². The van der Waals surface area contributed by atoms with Gasteiger partial charge in [-0.2, -0.15) is 0 Å². The minimum atomic E-state index is 0.763. The molecule has 0 amide bonds. The third kappa shape index (κ3) is 6.73. The molecule has 0 radical (unpaired) electrons. The molecule has 0 atom stereocenters. The highest BCUT2D eigenvalue weighted by molar-refractivity contribution is 7.09. The van der Waals surface area contributed by atoms with Crippen molar-refractivity contribution in [1.82, 2.24) is 15.2 Å². The summed E-state index contributed by atoms with van der Waals surface area (Å²) in [7, 11) is 4.10. The fourth-order valence-corrected chi connectivity index (χ4v) is 2.05. The summed E-state index contributed by atoms with van der Waals surface area (Å²) in [5.41, 5.74) is 1.14. The molecule has 17 heavy (non-hydrogen) atoms. The van der Waals surface area contributed by atoms with Crippen LogP contribution in [0.2, 0.25) is 0 Å². The van der Waals surface area contributed by atoms with Crippen molar-refractivity contribution in [2.75, 3.05) is 40.4 Å². The van der Waals surface area contributed by atoms with Crippen LogP contribution in [0.3, 0.4) is 0 Å². The zero-order chi connectivity index (χ0) is 12.5. The molecule has 1 rings (SSSR count). The Kier molecular flexibility index (Phi) is 7.35. The van der Waals surface area contributed by atoms with Crippen molar-refractivity contribution in [3.8, 4) is 0 Å². The summed E-state index contributed by atoms with van der Waals surface area (Å²) in [6.07, 6.45) is 1.03. The number of nitrogens with zero attached hydrogens (tertiary/aromatic N) is 2. The van der Waals surface area contributed by atoms with Gasteiger partial charge in [0, 0.05) is 25.0 Å². The number of ether oxygens (including phenoxy) is 1. The van der Waals surface area contributed by atoms with Crippen LogP contribution in [0.25, 0.3) is 0 Å². The van der Waals surface area contributed by atoms with Gasteiger partial charge in [-0.15, -0.1) is 11.3 Å². The molecule has 0 unspecified atom stereocenters. The average Bonchev–Trinajstić information content (AvgIpc) is 2.75. The van der Waals surface area contributed by atoms with Crippen LogP contribution in [0, 0.1) is 0 Å². The highest BCUT2D eigenvalue weighted by atomic mass is 32.1. The van der Waals surface area contributed by atoms with Crippen LogP contribution >= 0.6 is 11.3 Å². The normalized spacial score (nSPS) is 11.3. The first-order valence-corrected chi connectivity index (χ1v) is 6.96. The summed E-state index contributed by atoms with van der Waals surface area (Å²) >= 11 is 1.74. The van der Waals surface area contributed by atoms with Gasteiger partial charge in [-0.3, -0.25) is 0 Å². The van der Waals surface area contributed by atoms with E-state index in [0.717, 1.165) is 45.0 Å². The predicted molar refractivity (Wildman–Crippen MR) is 72.6 cm³/mol. The van der Waals surface area contributed by atoms with Gasteiger partial charge in [0.05, 0.1) is 23.9 Å². The molecule has 0 spiro atoms. The Balaban J connectivity index is 1.97. The van der Waals surface area contributed by atoms with Crippen molar-refractivity contribution in [3.63, 3.8) is 0 Å². The first kappa shape index (κ1) is 14.6. The van der Waals surface area contributed by atoms with Crippen LogP contribution in [0.15, 0.2) is 5.38 Å². The van der Waals surface area contributed by atoms with Crippen LogP contribution in [-0.4, -0.2) is 50.3 Å². The zero-order valence-electron chi connectivity index (χ0n) is 11.0. The van der Waals surface area contributed by atoms with Crippen molar-refractivity contribution in [3.05, 3.63) is 16.1 Å². The molecule has 1 aromatic rings. The minimum Gasteiger partial charge on any atom is -0.379 e. The molecule has 0 aliphatic heterocycles. The number of hydrogen-bond acceptors (Lipinski definition) is 5. The van der Waals surface area contributed by atoms with E-state index in [1.807, 2.05) is 0 Å². The van der Waals surface area contributed by atoms with Gasteiger partial charge < -0.3 is 15.0 Å². The lowest BCUT2D eigenvalue weighted by molar-refractivity contribution is 0.119. The van der Waals surface area contributed by atoms with Gasteiger partial charge in [-0.25, -0.2) is 4.98 Å². The maximum absolute atomic E-state index is 5.49. The number of hydrogen-bond donors (Lipinski definition) is 1. The molecule has 1 aromatic heterocycles. The lowest BCUT2D eigenvalue weighted by Gasteiger charge is -2.09. The highest BCUT2D eigenvalue weighted by Gasteiger charge is 1.99. The SMILES string of the molecule is CCc1nc(CNCCOCCN(C)C)cs1. The molecular formula is C12H23N3OS. The van der Waals surface area contributed by atoms with Gasteiger partial charge in [0.2, 0.25) is 0 Å². The Morgan fingerprint density at radius 3 is 2.88 bits per heavy atom. The van der Waals surface area contributed by atoms with Crippen molar-refractivity contribution < 1.29 is 4.74 Å². The van der Waals surface area contributed by atoms with Gasteiger partial charge in [0.15, 0.2) is 0 Å². The van der Waals surface area contributed by atoms with E-state index in [1.54, 1.807) is 11.3 Å². The van der Waals surface area contributed by atoms with Crippen LogP contribution in [0.5, 0.6) is 0 Å². The summed E-state index contributed by atoms with van der Waals surface area (Å²) in [6, 6.07) is 0. The van der Waals surface area contributed by atoms with Crippen molar-refractivity contribution in [2.24, 2.45) is 0 Å². The molecule has 4 nitrogen and oxygen atoms in total. The fourth-order valence-electron chi connectivity index (χ4n) is 1.30. The second kappa shape index (κ2) is 8.58. The monoisotopic (exact) mass is 257 g/mol. The molecular weight excluding hydrogens is 234 g/mol. The molecule has 1 heterocycles. The summed E-state index contributed by atoms with van der Waals surface area (Å²) < 4.78 is 5.49. The first-order valence-electron chi connectivity index (χ1n) is 6.09. The summed E-state index contributed by atoms with van der Waals surface area (Å²) in [5.74, 6) is 0. The van der Waals surface area contributed by atoms with E-state index in [9.17, 15) is 0 Å². The van der Waals surface area contributed by atoms with Crippen molar-refractivity contribution in [1.29, 1.82) is 0 Å². The molecule has 0 aliphatic carbocycles. The number of likely N-dealkylation sites (N-methyl/N-ethyl adjacent to an activating group) is 1. The van der Waals surface area contributed by atoms with Crippen molar-refractivity contribution >= 4 is 11.3 Å². The van der Waals surface area contributed by atoms with Gasteiger partial charge in [-0.1, -0.05) is 6.92 Å². The van der Waals surface area contributed by atoms with Gasteiger partial charge in [0.25, 0.3) is 0 Å². The summed E-state index contributed by atoms with van der Waals surface area (Å²) in [5, 5.41) is 6.67. The summed E-state index contributed by atoms with van der Waals surface area (Å²) in [6.45, 7) is 6.39. The van der Waals surface area contributed by atoms with Crippen molar-refractivity contribution in [2.45, 2.75) is 19.9 Å². The molecule has 0 aromatic carbocycles. The second-order valence-electron chi connectivity index (χ2n) is 4.18. The van der Waals surface area contributed by atoms with Crippen LogP contribution in [-0.2, 0) is 17.7 Å². The van der Waals surface area contributed by atoms with E-state index in [2.05, 4.69) is 41.6 Å². The molecule has 1 N–H and O–H groups in total. The van der Waals surface area contributed by atoms with Crippen LogP contribution in [0.1, 0.15) is 17.6 Å². The lowest BCUT2D eigenvalue weighted by Crippen LogP contribution is -2.23. The number of aromatic nitrogens is 1. The molecule has 0 saturated carbocycles. The predicted octanol–water partition coefficient (Wildman–Crippen LogP) is 1.37. The molecule has 98 valence electrons. The van der Waals surface area contributed by atoms with Crippen LogP contribution in [0.4, 0.5) is 0 Å². The van der Waals surface area contributed by atoms with Gasteiger partial charge in [-0.05, 0) is 20.5 Å². The maximum Gasteiger partial charge on any atom is 0.0926 e. The number of nitrogens with one attached hydrogen (secondary N) is 1. The Labute approximate surface area is 108 Å². The Morgan fingerprint density at radius 1 is 1.41 bits per heavy atom. The van der Waals surface area contributed by atoms with E-state index < -0.39 is 0 Å². The fraction of sp³-hybridized carbons (Fsp3) is 0.750. The first-order chi connectivity index (χ1) is 8.22. The third-order valence-corrected chi connectivity index (χ3v) is 3.36. The molecule has 0 saturated heterocycles. The second-order valence-corrected chi connectivity index (χ2v) is 5.12. The standard InChI is InChI=1S/C12H23N3OS/c1-4-12-14-11(10-17-12)9-13-5-7-16-8-6-15(2)3/h10,13H,4-9H2,1-3H3. The molecule has 0 bridgehead atoms. The van der Waals surface area contributed by atoms with E-state index in [4.69, 9.17) is 4.74 Å². The quantitative estimate of drug-likeness (QED) is 0.678. The molecule has 5 heteroatoms. The van der Waals surface area contributed by atoms with Crippen LogP contribution < -0.4 is 5.32 Å². The average molecular weight is 257 g/mol. The smallest absolute Gasteiger partial charge is 0.0926 e. The topological polar surface area (TPSA) is 37.4 Å². The van der Waals surface area contributed by atoms with E-state index in [-0.39, 0.29) is 0 Å². The lowest BCUT2D eigenvalue weighted by atomic mass is 10.4. The number of aryl methyl sites for hydroxylation is 1. The van der Waals surface area contributed by atoms with E-state index in [0.29, 0.717) is 0 Å². The van der Waals surface area contributed by atoms with E-state index >= 15 is 0 Å². The maximum atomic E-state index is 5.49. The minimum absolute atomic E-state index is 0.763. The van der Waals surface area contributed by atoms with Gasteiger partial charge >= 0.3 is 0 Å². The van der Waals surface area contributed by atoms with E-state index in [1.165, 1.54) is 5.01 Å². The Morgan fingerprint density at radius 2 is 2.24 bits per heavy atom. The largest absolute Gasteiger partial charge is 0.379 e. The number of thiazole rings is 1. The molecule has 0 fully saturated rings. The number of rotatable bonds is 9. The Bertz CT molecular complexity index is 302. The third-order valence-electron chi connectivity index (χ3n) is 2.31. The zero-order valence-corrected chi connectivity index (χ0v) is 11.8.